The highest BCUT2D eigenvalue weighted by Gasteiger charge is 2.59. The van der Waals surface area contributed by atoms with Crippen molar-refractivity contribution in [2.45, 2.75) is 24.5 Å². The zero-order valence-electron chi connectivity index (χ0n) is 16.2. The predicted molar refractivity (Wildman–Crippen MR) is 103 cm³/mol. The van der Waals surface area contributed by atoms with Crippen LogP contribution in [-0.4, -0.2) is 89.2 Å². The lowest BCUT2D eigenvalue weighted by Crippen LogP contribution is -2.56. The van der Waals surface area contributed by atoms with Gasteiger partial charge in [-0.3, -0.25) is 9.93 Å². The summed E-state index contributed by atoms with van der Waals surface area (Å²) >= 11 is 0. The average molecular weight is 534 g/mol. The molecule has 0 aromatic carbocycles. The summed E-state index contributed by atoms with van der Waals surface area (Å²) in [5.74, 6) is 0.501. The fourth-order valence-electron chi connectivity index (χ4n) is 3.62. The SMILES string of the molecule is N=C1C2=C3NCN1C=C[N+]3([C@@H]1O[C@H](COP(=O)(O)OP(=O)(O)OP(=O)(O)O)[C@@H](O)[C@H]1O)C=N2. The lowest BCUT2D eigenvalue weighted by Gasteiger charge is -2.34. The molecule has 8 N–H and O–H groups in total. The van der Waals surface area contributed by atoms with E-state index in [9.17, 15) is 33.7 Å². The largest absolute Gasteiger partial charge is 0.490 e. The minimum absolute atomic E-state index is 0.103. The minimum atomic E-state index is -5.71. The van der Waals surface area contributed by atoms with Crippen LogP contribution in [0.15, 0.2) is 28.9 Å². The smallest absolute Gasteiger partial charge is 0.387 e. The normalized spacial score (nSPS) is 36.7. The van der Waals surface area contributed by atoms with E-state index >= 15 is 0 Å². The fourth-order valence-corrected chi connectivity index (χ4v) is 6.65. The van der Waals surface area contributed by atoms with Gasteiger partial charge in [-0.15, -0.1) is 0 Å². The van der Waals surface area contributed by atoms with E-state index in [-0.39, 0.29) is 22.7 Å². The predicted octanol–water partition coefficient (Wildman–Crippen LogP) is -1.87. The number of rotatable bonds is 8. The van der Waals surface area contributed by atoms with Crippen LogP contribution in [0.3, 0.4) is 0 Å². The summed E-state index contributed by atoms with van der Waals surface area (Å²) < 4.78 is 51.0. The Morgan fingerprint density at radius 1 is 1.18 bits per heavy atom. The molecule has 184 valence electrons. The van der Waals surface area contributed by atoms with E-state index in [1.807, 2.05) is 0 Å². The Kier molecular flexibility index (Phi) is 6.10. The lowest BCUT2D eigenvalue weighted by atomic mass is 10.1. The number of quaternary nitrogens is 1. The van der Waals surface area contributed by atoms with E-state index in [2.05, 4.69) is 23.5 Å². The van der Waals surface area contributed by atoms with Gasteiger partial charge in [-0.05, 0) is 0 Å². The van der Waals surface area contributed by atoms with Crippen molar-refractivity contribution >= 4 is 35.6 Å². The van der Waals surface area contributed by atoms with Crippen LogP contribution >= 0.6 is 23.5 Å². The summed E-state index contributed by atoms with van der Waals surface area (Å²) in [7, 11) is -16.7. The number of hydrogen-bond donors (Lipinski definition) is 8. The van der Waals surface area contributed by atoms with Gasteiger partial charge < -0.3 is 44.7 Å². The van der Waals surface area contributed by atoms with E-state index < -0.39 is 54.6 Å². The number of aliphatic hydroxyl groups is 2. The summed E-state index contributed by atoms with van der Waals surface area (Å²) in [5.41, 5.74) is 0.285. The Hall–Kier alpha value is -1.33. The van der Waals surface area contributed by atoms with Crippen LogP contribution in [0.4, 0.5) is 0 Å². The van der Waals surface area contributed by atoms with Crippen LogP contribution in [0.5, 0.6) is 0 Å². The first kappa shape index (κ1) is 24.8. The van der Waals surface area contributed by atoms with Crippen LogP contribution < -0.4 is 5.32 Å². The standard InChI is InChI=1S/C12H18N5O13P3/c13-10-7-11-14-4-16(10)1-2-17(11,5-15-7)12-9(19)8(18)6(28-12)3-27-32(23,24)30-33(25,26)29-31(20,21)22/h1-2,5-6,8-9,12-14,18-19H,3-4H2,(H3-,20,21,22,23,24,25,26)/p+1/t6-,8-,9-,12-,17?/m1/s1. The van der Waals surface area contributed by atoms with Crippen LogP contribution in [0.2, 0.25) is 0 Å². The van der Waals surface area contributed by atoms with Crippen LogP contribution in [-0.2, 0) is 31.6 Å². The number of aliphatic hydroxyl groups excluding tert-OH is 2. The highest BCUT2D eigenvalue weighted by atomic mass is 31.3. The number of amidine groups is 1. The fraction of sp³-hybridized carbons (Fsp3) is 0.500. The molecular weight excluding hydrogens is 515 g/mol. The Morgan fingerprint density at radius 3 is 2.55 bits per heavy atom. The third-order valence-corrected chi connectivity index (χ3v) is 8.79. The van der Waals surface area contributed by atoms with E-state index in [1.165, 1.54) is 6.34 Å². The van der Waals surface area contributed by atoms with Gasteiger partial charge >= 0.3 is 23.5 Å². The van der Waals surface area contributed by atoms with Crippen molar-refractivity contribution in [1.82, 2.24) is 10.2 Å². The first-order valence-corrected chi connectivity index (χ1v) is 13.4. The Morgan fingerprint density at radius 2 is 1.88 bits per heavy atom. The topological polar surface area (TPSA) is 261 Å². The molecule has 0 aromatic heterocycles. The summed E-state index contributed by atoms with van der Waals surface area (Å²) in [6.45, 7) is -0.696. The van der Waals surface area contributed by atoms with Crippen molar-refractivity contribution in [2.24, 2.45) is 4.99 Å². The van der Waals surface area contributed by atoms with E-state index in [0.29, 0.717) is 5.82 Å². The summed E-state index contributed by atoms with van der Waals surface area (Å²) in [5, 5.41) is 32.2. The Bertz CT molecular complexity index is 1100. The molecule has 3 unspecified atom stereocenters. The maximum absolute atomic E-state index is 11.9. The highest BCUT2D eigenvalue weighted by molar-refractivity contribution is 7.66. The van der Waals surface area contributed by atoms with Gasteiger partial charge in [-0.1, -0.05) is 0 Å². The van der Waals surface area contributed by atoms with Gasteiger partial charge in [0, 0.05) is 0 Å². The molecule has 5 aliphatic heterocycles. The number of phosphoric ester groups is 1. The van der Waals surface area contributed by atoms with Gasteiger partial charge in [-0.2, -0.15) is 18.1 Å². The van der Waals surface area contributed by atoms with Crippen molar-refractivity contribution in [1.29, 1.82) is 5.41 Å². The average Bonchev–Trinajstić information content (AvgIpc) is 3.06. The second-order valence-corrected chi connectivity index (χ2v) is 11.6. The van der Waals surface area contributed by atoms with Crippen LogP contribution in [0.1, 0.15) is 0 Å². The summed E-state index contributed by atoms with van der Waals surface area (Å²) in [4.78, 5) is 41.6. The Labute approximate surface area is 184 Å². The zero-order valence-corrected chi connectivity index (χ0v) is 18.9. The number of hydrogen-bond acceptors (Lipinski definition) is 12. The van der Waals surface area contributed by atoms with Gasteiger partial charge in [0.25, 0.3) is 0 Å². The number of nitrogens with zero attached hydrogens (tertiary/aromatic N) is 3. The molecule has 1 saturated heterocycles. The number of fused-ring (bicyclic) bond motifs is 1. The molecule has 7 atom stereocenters. The quantitative estimate of drug-likeness (QED) is 0.125. The molecule has 0 amide bonds. The molecule has 0 aromatic rings. The molecule has 5 heterocycles. The van der Waals surface area contributed by atoms with Gasteiger partial charge in [-0.25, -0.2) is 13.7 Å². The minimum Gasteiger partial charge on any atom is -0.387 e. The van der Waals surface area contributed by atoms with E-state index in [0.717, 1.165) is 0 Å². The number of phosphoric acid groups is 3. The number of aliphatic imine (C=N–C) groups is 1. The molecule has 18 nitrogen and oxygen atoms in total. The monoisotopic (exact) mass is 534 g/mol. The van der Waals surface area contributed by atoms with Crippen molar-refractivity contribution in [3.8, 4) is 0 Å². The number of nitrogens with one attached hydrogen (secondary N) is 2. The van der Waals surface area contributed by atoms with Gasteiger partial charge in [0.2, 0.25) is 18.4 Å². The maximum Gasteiger partial charge on any atom is 0.490 e. The molecule has 4 bridgehead atoms. The maximum atomic E-state index is 11.9. The van der Waals surface area contributed by atoms with Gasteiger partial charge in [0.05, 0.1) is 19.5 Å². The molecule has 0 spiro atoms. The third kappa shape index (κ3) is 4.65. The molecule has 21 heteroatoms. The molecule has 5 rings (SSSR count). The number of ether oxygens (including phenoxy) is 1. The highest BCUT2D eigenvalue weighted by Crippen LogP contribution is 2.66. The molecule has 0 radical (unpaired) electrons. The van der Waals surface area contributed by atoms with Crippen molar-refractivity contribution in [2.75, 3.05) is 13.3 Å². The van der Waals surface area contributed by atoms with Crippen LogP contribution in [0, 0.1) is 5.41 Å². The summed E-state index contributed by atoms with van der Waals surface area (Å²) in [6, 6.07) is 0. The molecule has 0 saturated carbocycles. The van der Waals surface area contributed by atoms with Crippen molar-refractivity contribution < 1.29 is 65.8 Å². The first-order valence-electron chi connectivity index (χ1n) is 8.91. The van der Waals surface area contributed by atoms with Gasteiger partial charge in [0.15, 0.2) is 17.6 Å². The third-order valence-electron chi connectivity index (χ3n) is 4.99. The molecule has 1 fully saturated rings. The van der Waals surface area contributed by atoms with Crippen molar-refractivity contribution in [3.05, 3.63) is 23.9 Å². The second kappa shape index (κ2) is 8.12. The molecular formula is C12H19N5O13P3+. The Balaban J connectivity index is 1.47. The summed E-state index contributed by atoms with van der Waals surface area (Å²) in [6.07, 6.45) is -1.45. The zero-order chi connectivity index (χ0) is 24.4. The van der Waals surface area contributed by atoms with Gasteiger partial charge in [0.1, 0.15) is 18.4 Å². The van der Waals surface area contributed by atoms with Crippen LogP contribution in [0.25, 0.3) is 0 Å². The first-order chi connectivity index (χ1) is 15.1. The molecule has 5 aliphatic rings. The van der Waals surface area contributed by atoms with Crippen molar-refractivity contribution in [3.63, 3.8) is 0 Å². The van der Waals surface area contributed by atoms with E-state index in [4.69, 9.17) is 19.9 Å². The lowest BCUT2D eigenvalue weighted by molar-refractivity contribution is -0.804. The molecule has 33 heavy (non-hydrogen) atoms. The second-order valence-electron chi connectivity index (χ2n) is 7.16. The van der Waals surface area contributed by atoms with E-state index in [1.54, 1.807) is 17.3 Å². The molecule has 0 aliphatic carbocycles.